The first kappa shape index (κ1) is 51.5. The zero-order chi connectivity index (χ0) is 39.3. The summed E-state index contributed by atoms with van der Waals surface area (Å²) in [6, 6.07) is 41.3. The van der Waals surface area contributed by atoms with Crippen LogP contribution in [-0.2, 0) is 0 Å². The van der Waals surface area contributed by atoms with Crippen molar-refractivity contribution in [2.24, 2.45) is 0 Å². The van der Waals surface area contributed by atoms with E-state index in [0.717, 1.165) is 13.3 Å². The van der Waals surface area contributed by atoms with Crippen LogP contribution in [-0.4, -0.2) is 129 Å². The third-order valence-electron chi connectivity index (χ3n) is 5.17. The highest BCUT2D eigenvalue weighted by Crippen LogP contribution is 2.08. The summed E-state index contributed by atoms with van der Waals surface area (Å²) in [5.41, 5.74) is 4.93. The average molecular weight is 699 g/mol. The van der Waals surface area contributed by atoms with E-state index in [2.05, 4.69) is 121 Å². The molecule has 4 rings (SSSR count). The Balaban J connectivity index is -0.000000579. The normalized spacial score (nSPS) is 10.0. The molecule has 0 saturated carbocycles. The van der Waals surface area contributed by atoms with E-state index >= 15 is 0 Å². The summed E-state index contributed by atoms with van der Waals surface area (Å²) in [5.74, 6) is 0. The summed E-state index contributed by atoms with van der Waals surface area (Å²) >= 11 is 0. The summed E-state index contributed by atoms with van der Waals surface area (Å²) in [6.45, 7) is 5.99. The largest absolute Gasteiger partial charge is 0.312 e. The summed E-state index contributed by atoms with van der Waals surface area (Å²) in [4.78, 5) is 10.3. The van der Waals surface area contributed by atoms with Crippen LogP contribution < -0.4 is 5.32 Å². The first-order valence-corrected chi connectivity index (χ1v) is 17.6. The van der Waals surface area contributed by atoms with Crippen molar-refractivity contribution >= 4 is 24.3 Å². The van der Waals surface area contributed by atoms with Gasteiger partial charge in [-0.1, -0.05) is 159 Å². The number of nitrogens with one attached hydrogen (secondary N) is 1. The van der Waals surface area contributed by atoms with Crippen molar-refractivity contribution in [1.29, 1.82) is 0 Å². The fourth-order valence-corrected chi connectivity index (χ4v) is 3.52. The quantitative estimate of drug-likeness (QED) is 0.146. The molecule has 0 unspecified atom stereocenters. The predicted molar refractivity (Wildman–Crippen MR) is 234 cm³/mol. The van der Waals surface area contributed by atoms with Crippen LogP contribution in [0.3, 0.4) is 0 Å². The third-order valence-corrected chi connectivity index (χ3v) is 5.17. The molecule has 0 atom stereocenters. The van der Waals surface area contributed by atoms with E-state index in [1.807, 2.05) is 160 Å². The third kappa shape index (κ3) is 44.1. The molecule has 4 aromatic carbocycles. The van der Waals surface area contributed by atoms with Gasteiger partial charge >= 0.3 is 0 Å². The van der Waals surface area contributed by atoms with E-state index in [0.29, 0.717) is 0 Å². The van der Waals surface area contributed by atoms with Gasteiger partial charge in [0.1, 0.15) is 0 Å². The monoisotopic (exact) mass is 699 g/mol. The second-order valence-electron chi connectivity index (χ2n) is 12.9. The van der Waals surface area contributed by atoms with Crippen LogP contribution in [0.25, 0.3) is 24.3 Å². The van der Waals surface area contributed by atoms with Gasteiger partial charge in [0.25, 0.3) is 0 Å². The van der Waals surface area contributed by atoms with E-state index in [-0.39, 0.29) is 0 Å². The lowest BCUT2D eigenvalue weighted by atomic mass is 10.1. The molecule has 0 aliphatic rings. The Labute approximate surface area is 315 Å². The molecule has 0 amide bonds. The van der Waals surface area contributed by atoms with Crippen LogP contribution in [0.1, 0.15) is 36.1 Å². The van der Waals surface area contributed by atoms with Gasteiger partial charge in [0.15, 0.2) is 0 Å². The number of hydrogen-bond acceptors (Lipinski definition) is 6. The number of rotatable bonds is 8. The van der Waals surface area contributed by atoms with E-state index in [1.165, 1.54) is 22.3 Å². The number of hydrogen-bond donors (Lipinski definition) is 1. The van der Waals surface area contributed by atoms with Crippen LogP contribution >= 0.6 is 0 Å². The molecule has 6 heteroatoms. The second-order valence-corrected chi connectivity index (χ2v) is 12.9. The molecule has 0 aromatic heterocycles. The Bertz CT molecular complexity index is 1090. The Morgan fingerprint density at radius 2 is 0.569 bits per heavy atom. The van der Waals surface area contributed by atoms with Gasteiger partial charge < -0.3 is 15.1 Å². The average Bonchev–Trinajstić information content (AvgIpc) is 3.09. The fraction of sp³-hybridized carbons (Fsp3) is 0.378. The summed E-state index contributed by atoms with van der Waals surface area (Å²) in [5, 5.41) is 2.99. The van der Waals surface area contributed by atoms with E-state index < -0.39 is 0 Å². The lowest BCUT2D eigenvalue weighted by molar-refractivity contribution is 0.245. The van der Waals surface area contributed by atoms with Crippen molar-refractivity contribution in [3.05, 3.63) is 144 Å². The van der Waals surface area contributed by atoms with Crippen molar-refractivity contribution in [1.82, 2.24) is 29.8 Å². The van der Waals surface area contributed by atoms with Crippen molar-refractivity contribution in [2.75, 3.05) is 105 Å². The molecule has 0 fully saturated rings. The molecular weight excluding hydrogens is 625 g/mol. The Kier molecular flexibility index (Phi) is 37.7. The second kappa shape index (κ2) is 37.4. The zero-order valence-electron chi connectivity index (χ0n) is 35.0. The van der Waals surface area contributed by atoms with Gasteiger partial charge in [-0.3, -0.25) is 14.7 Å². The van der Waals surface area contributed by atoms with Gasteiger partial charge in [0.05, 0.1) is 0 Å². The minimum Gasteiger partial charge on any atom is -0.312 e. The van der Waals surface area contributed by atoms with Crippen molar-refractivity contribution in [3.8, 4) is 0 Å². The maximum absolute atomic E-state index is 2.99. The van der Waals surface area contributed by atoms with Crippen LogP contribution in [0.4, 0.5) is 0 Å². The SMILES string of the molecule is C(=Cc1ccccc1)c1ccccc1.C(=Cc1ccccc1)c1ccccc1.CC.CN(C)C.CN(C)C.CN(C)CN(C)C.CNCN(C)C. The maximum atomic E-state index is 2.99. The van der Waals surface area contributed by atoms with Gasteiger partial charge in [0.2, 0.25) is 0 Å². The Hall–Kier alpha value is -3.88. The highest BCUT2D eigenvalue weighted by molar-refractivity contribution is 5.70. The standard InChI is InChI=1S/2C14H12.C5H14N2.C4H12N2.2C3H9N.C2H6/c2*1-3-7-13(8-4-1)11-12-14-9-5-2-6-10-14;1-6(2)5-7(3)4;1-5-4-6(2)3;2*1-4(2)3;1-2/h2*1-12H;5H2,1-4H3;5H,4H2,1-3H3;2*1-3H3;1-2H3. The Morgan fingerprint density at radius 1 is 0.373 bits per heavy atom. The van der Waals surface area contributed by atoms with Crippen LogP contribution in [0.5, 0.6) is 0 Å². The summed E-state index contributed by atoms with van der Waals surface area (Å²) in [6.07, 6.45) is 8.48. The molecule has 0 heterocycles. The molecule has 1 N–H and O–H groups in total. The van der Waals surface area contributed by atoms with Crippen LogP contribution in [0, 0.1) is 0 Å². The highest BCUT2D eigenvalue weighted by atomic mass is 15.2. The van der Waals surface area contributed by atoms with Gasteiger partial charge in [-0.05, 0) is 114 Å². The Morgan fingerprint density at radius 3 is 0.667 bits per heavy atom. The molecule has 4 aromatic rings. The molecule has 51 heavy (non-hydrogen) atoms. The smallest absolute Gasteiger partial charge is 0.0495 e. The molecule has 0 bridgehead atoms. The van der Waals surface area contributed by atoms with Crippen molar-refractivity contribution < 1.29 is 0 Å². The minimum atomic E-state index is 0.958. The molecule has 0 saturated heterocycles. The highest BCUT2D eigenvalue weighted by Gasteiger charge is 1.88. The van der Waals surface area contributed by atoms with Gasteiger partial charge in [-0.15, -0.1) is 0 Å². The first-order chi connectivity index (χ1) is 24.3. The fourth-order valence-electron chi connectivity index (χ4n) is 3.52. The zero-order valence-corrected chi connectivity index (χ0v) is 35.0. The number of nitrogens with zero attached hydrogens (tertiary/aromatic N) is 5. The lowest BCUT2D eigenvalue weighted by Gasteiger charge is -2.14. The first-order valence-electron chi connectivity index (χ1n) is 17.6. The molecule has 6 nitrogen and oxygen atoms in total. The van der Waals surface area contributed by atoms with Crippen molar-refractivity contribution in [3.63, 3.8) is 0 Å². The summed E-state index contributed by atoms with van der Waals surface area (Å²) in [7, 11) is 26.2. The van der Waals surface area contributed by atoms with E-state index in [1.54, 1.807) is 0 Å². The van der Waals surface area contributed by atoms with Crippen LogP contribution in [0.2, 0.25) is 0 Å². The van der Waals surface area contributed by atoms with E-state index in [4.69, 9.17) is 0 Å². The van der Waals surface area contributed by atoms with Gasteiger partial charge in [-0.25, -0.2) is 0 Å². The molecule has 0 spiro atoms. The molecule has 0 radical (unpaired) electrons. The predicted octanol–water partition coefficient (Wildman–Crippen LogP) is 8.89. The lowest BCUT2D eigenvalue weighted by Crippen LogP contribution is -2.26. The summed E-state index contributed by atoms with van der Waals surface area (Å²) < 4.78 is 0. The minimum absolute atomic E-state index is 0.958. The van der Waals surface area contributed by atoms with Gasteiger partial charge in [0, 0.05) is 13.3 Å². The number of benzene rings is 4. The van der Waals surface area contributed by atoms with Gasteiger partial charge in [-0.2, -0.15) is 0 Å². The van der Waals surface area contributed by atoms with Crippen LogP contribution in [0.15, 0.2) is 121 Å². The molecule has 0 aliphatic carbocycles. The van der Waals surface area contributed by atoms with Crippen molar-refractivity contribution in [2.45, 2.75) is 13.8 Å². The maximum Gasteiger partial charge on any atom is 0.0495 e. The molecule has 0 aliphatic heterocycles. The molecule has 284 valence electrons. The van der Waals surface area contributed by atoms with E-state index in [9.17, 15) is 0 Å². The molecular formula is C45H74N6. The topological polar surface area (TPSA) is 28.2 Å².